The SMILES string of the molecule is CCc1ccc(OCC(=O)Nc2cc(S(=O)(=O)N(CC)CC)ccc2N(C)C)cc1. The third-order valence-electron chi connectivity index (χ3n) is 4.77. The number of sulfonamides is 1. The molecule has 8 heteroatoms. The number of amides is 1. The molecule has 164 valence electrons. The van der Waals surface area contributed by atoms with Crippen LogP contribution in [0.15, 0.2) is 47.4 Å². The zero-order valence-electron chi connectivity index (χ0n) is 18.3. The Kier molecular flexibility index (Phi) is 8.25. The van der Waals surface area contributed by atoms with Crippen molar-refractivity contribution in [3.05, 3.63) is 48.0 Å². The Bertz CT molecular complexity index is 953. The standard InChI is InChI=1S/C22H31N3O4S/c1-6-17-9-11-18(12-10-17)29-16-22(26)23-20-15-19(13-14-21(20)24(4)5)30(27,28)25(7-2)8-3/h9-15H,6-8,16H2,1-5H3,(H,23,26). The van der Waals surface area contributed by atoms with Gasteiger partial charge in [0.15, 0.2) is 6.61 Å². The van der Waals surface area contributed by atoms with Crippen LogP contribution >= 0.6 is 0 Å². The van der Waals surface area contributed by atoms with Crippen LogP contribution in [0.1, 0.15) is 26.3 Å². The fourth-order valence-electron chi connectivity index (χ4n) is 3.03. The maximum atomic E-state index is 12.9. The number of aryl methyl sites for hydroxylation is 1. The van der Waals surface area contributed by atoms with Gasteiger partial charge in [-0.15, -0.1) is 0 Å². The van der Waals surface area contributed by atoms with Crippen LogP contribution in [0.3, 0.4) is 0 Å². The van der Waals surface area contributed by atoms with Crippen molar-refractivity contribution in [3.63, 3.8) is 0 Å². The Morgan fingerprint density at radius 2 is 1.63 bits per heavy atom. The van der Waals surface area contributed by atoms with Crippen molar-refractivity contribution >= 4 is 27.3 Å². The summed E-state index contributed by atoms with van der Waals surface area (Å²) < 4.78 is 32.6. The lowest BCUT2D eigenvalue weighted by molar-refractivity contribution is -0.118. The number of ether oxygens (including phenoxy) is 1. The molecule has 0 unspecified atom stereocenters. The van der Waals surface area contributed by atoms with Gasteiger partial charge in [-0.3, -0.25) is 4.79 Å². The number of nitrogens with zero attached hydrogens (tertiary/aromatic N) is 2. The van der Waals surface area contributed by atoms with Crippen LogP contribution in [-0.2, 0) is 21.2 Å². The van der Waals surface area contributed by atoms with E-state index in [1.54, 1.807) is 26.0 Å². The Morgan fingerprint density at radius 1 is 1.00 bits per heavy atom. The second-order valence-corrected chi connectivity index (χ2v) is 8.94. The monoisotopic (exact) mass is 433 g/mol. The van der Waals surface area contributed by atoms with Gasteiger partial charge >= 0.3 is 0 Å². The first-order valence-electron chi connectivity index (χ1n) is 10.1. The number of hydrogen-bond donors (Lipinski definition) is 1. The molecule has 30 heavy (non-hydrogen) atoms. The summed E-state index contributed by atoms with van der Waals surface area (Å²) >= 11 is 0. The smallest absolute Gasteiger partial charge is 0.262 e. The number of anilines is 2. The summed E-state index contributed by atoms with van der Waals surface area (Å²) in [4.78, 5) is 14.4. The van der Waals surface area contributed by atoms with Gasteiger partial charge in [0.1, 0.15) is 5.75 Å². The zero-order chi connectivity index (χ0) is 22.3. The maximum Gasteiger partial charge on any atom is 0.262 e. The molecule has 0 aliphatic heterocycles. The minimum Gasteiger partial charge on any atom is -0.484 e. The average Bonchev–Trinajstić information content (AvgIpc) is 2.73. The second kappa shape index (κ2) is 10.4. The van der Waals surface area contributed by atoms with Crippen molar-refractivity contribution in [2.75, 3.05) is 44.0 Å². The Labute approximate surface area is 179 Å². The molecule has 0 heterocycles. The summed E-state index contributed by atoms with van der Waals surface area (Å²) in [6.45, 7) is 6.23. The molecular weight excluding hydrogens is 402 g/mol. The summed E-state index contributed by atoms with van der Waals surface area (Å²) in [6, 6.07) is 12.3. The van der Waals surface area contributed by atoms with Crippen molar-refractivity contribution in [1.29, 1.82) is 0 Å². The molecular formula is C22H31N3O4S. The molecule has 2 aromatic carbocycles. The lowest BCUT2D eigenvalue weighted by Gasteiger charge is -2.22. The van der Waals surface area contributed by atoms with Gasteiger partial charge in [0.25, 0.3) is 5.91 Å². The molecule has 0 bridgehead atoms. The average molecular weight is 434 g/mol. The van der Waals surface area contributed by atoms with Gasteiger partial charge in [0.2, 0.25) is 10.0 Å². The highest BCUT2D eigenvalue weighted by Crippen LogP contribution is 2.29. The predicted molar refractivity (Wildman–Crippen MR) is 121 cm³/mol. The number of benzene rings is 2. The normalized spacial score (nSPS) is 11.4. The highest BCUT2D eigenvalue weighted by Gasteiger charge is 2.23. The topological polar surface area (TPSA) is 78.9 Å². The fourth-order valence-corrected chi connectivity index (χ4v) is 4.52. The number of nitrogens with one attached hydrogen (secondary N) is 1. The van der Waals surface area contributed by atoms with Gasteiger partial charge in [-0.25, -0.2) is 8.42 Å². The van der Waals surface area contributed by atoms with Crippen molar-refractivity contribution in [2.24, 2.45) is 0 Å². The zero-order valence-corrected chi connectivity index (χ0v) is 19.1. The number of carbonyl (C=O) groups is 1. The molecule has 0 aliphatic carbocycles. The highest BCUT2D eigenvalue weighted by molar-refractivity contribution is 7.89. The second-order valence-electron chi connectivity index (χ2n) is 7.00. The summed E-state index contributed by atoms with van der Waals surface area (Å²) in [7, 11) is 0.0258. The molecule has 1 amide bonds. The highest BCUT2D eigenvalue weighted by atomic mass is 32.2. The van der Waals surface area contributed by atoms with E-state index in [0.717, 1.165) is 6.42 Å². The first kappa shape index (κ1) is 23.7. The van der Waals surface area contributed by atoms with Gasteiger partial charge in [-0.05, 0) is 42.3 Å². The van der Waals surface area contributed by atoms with E-state index in [9.17, 15) is 13.2 Å². The number of carbonyl (C=O) groups excluding carboxylic acids is 1. The number of rotatable bonds is 10. The summed E-state index contributed by atoms with van der Waals surface area (Å²) in [6.07, 6.45) is 0.931. The van der Waals surface area contributed by atoms with Crippen molar-refractivity contribution in [2.45, 2.75) is 32.1 Å². The van der Waals surface area contributed by atoms with E-state index in [0.29, 0.717) is 30.2 Å². The molecule has 0 saturated carbocycles. The molecule has 2 aromatic rings. The van der Waals surface area contributed by atoms with Gasteiger partial charge < -0.3 is 15.0 Å². The van der Waals surface area contributed by atoms with Crippen LogP contribution in [0.5, 0.6) is 5.75 Å². The van der Waals surface area contributed by atoms with E-state index < -0.39 is 10.0 Å². The predicted octanol–water partition coefficient (Wildman–Crippen LogP) is 3.36. The van der Waals surface area contributed by atoms with E-state index in [1.165, 1.54) is 15.9 Å². The van der Waals surface area contributed by atoms with E-state index in [4.69, 9.17) is 4.74 Å². The van der Waals surface area contributed by atoms with Crippen LogP contribution in [0.2, 0.25) is 0 Å². The molecule has 0 atom stereocenters. The van der Waals surface area contributed by atoms with E-state index in [1.807, 2.05) is 43.3 Å². The van der Waals surface area contributed by atoms with Crippen LogP contribution in [0.25, 0.3) is 0 Å². The first-order valence-corrected chi connectivity index (χ1v) is 11.5. The number of hydrogen-bond acceptors (Lipinski definition) is 5. The van der Waals surface area contributed by atoms with Gasteiger partial charge in [-0.2, -0.15) is 4.31 Å². The van der Waals surface area contributed by atoms with Crippen molar-refractivity contribution in [1.82, 2.24) is 4.31 Å². The van der Waals surface area contributed by atoms with E-state index in [2.05, 4.69) is 12.2 Å². The summed E-state index contributed by atoms with van der Waals surface area (Å²) in [5.41, 5.74) is 2.31. The molecule has 0 aromatic heterocycles. The molecule has 1 N–H and O–H groups in total. The maximum absolute atomic E-state index is 12.9. The lowest BCUT2D eigenvalue weighted by atomic mass is 10.2. The van der Waals surface area contributed by atoms with Gasteiger partial charge in [-0.1, -0.05) is 32.9 Å². The molecule has 0 spiro atoms. The molecule has 0 aliphatic rings. The van der Waals surface area contributed by atoms with Crippen LogP contribution < -0.4 is 15.0 Å². The van der Waals surface area contributed by atoms with Crippen molar-refractivity contribution < 1.29 is 17.9 Å². The molecule has 2 rings (SSSR count). The first-order chi connectivity index (χ1) is 14.2. The molecule has 0 radical (unpaired) electrons. The minimum absolute atomic E-state index is 0.142. The minimum atomic E-state index is -3.63. The molecule has 0 saturated heterocycles. The molecule has 0 fully saturated rings. The van der Waals surface area contributed by atoms with Crippen LogP contribution in [0, 0.1) is 0 Å². The van der Waals surface area contributed by atoms with Crippen LogP contribution in [0.4, 0.5) is 11.4 Å². The Balaban J connectivity index is 2.20. The Hall–Kier alpha value is -2.58. The fraction of sp³-hybridized carbons (Fsp3) is 0.409. The summed E-state index contributed by atoms with van der Waals surface area (Å²) in [5.74, 6) is 0.239. The Morgan fingerprint density at radius 3 is 2.17 bits per heavy atom. The van der Waals surface area contributed by atoms with Crippen molar-refractivity contribution in [3.8, 4) is 5.75 Å². The van der Waals surface area contributed by atoms with E-state index >= 15 is 0 Å². The lowest BCUT2D eigenvalue weighted by Crippen LogP contribution is -2.31. The van der Waals surface area contributed by atoms with Crippen LogP contribution in [-0.4, -0.2) is 52.4 Å². The largest absolute Gasteiger partial charge is 0.484 e. The van der Waals surface area contributed by atoms with E-state index in [-0.39, 0.29) is 17.4 Å². The van der Waals surface area contributed by atoms with Gasteiger partial charge in [0.05, 0.1) is 16.3 Å². The summed E-state index contributed by atoms with van der Waals surface area (Å²) in [5, 5.41) is 2.78. The third kappa shape index (κ3) is 5.73. The molecule has 7 nitrogen and oxygen atoms in total. The third-order valence-corrected chi connectivity index (χ3v) is 6.81. The quantitative estimate of drug-likeness (QED) is 0.622. The van der Waals surface area contributed by atoms with Gasteiger partial charge in [0, 0.05) is 27.2 Å².